The summed E-state index contributed by atoms with van der Waals surface area (Å²) in [5.74, 6) is -3.10. The Kier molecular flexibility index (Phi) is 8.17. The molecule has 202 valence electrons. The number of nitrogens with one attached hydrogen (secondary N) is 2. The number of hydrogen-bond donors (Lipinski definition) is 2. The summed E-state index contributed by atoms with van der Waals surface area (Å²) < 4.78 is 75.3. The minimum atomic E-state index is -4.90. The molecule has 3 aromatic rings. The first-order chi connectivity index (χ1) is 18.0. The second-order valence-corrected chi connectivity index (χ2v) is 9.37. The van der Waals surface area contributed by atoms with Crippen LogP contribution in [0.5, 0.6) is 0 Å². The van der Waals surface area contributed by atoms with Crippen LogP contribution in [0.2, 0.25) is 5.02 Å². The van der Waals surface area contributed by atoms with Gasteiger partial charge in [0.1, 0.15) is 17.5 Å². The Morgan fingerprint density at radius 1 is 1.18 bits per heavy atom. The summed E-state index contributed by atoms with van der Waals surface area (Å²) in [7, 11) is 0. The average molecular weight is 556 g/mol. The maximum atomic E-state index is 15.4. The van der Waals surface area contributed by atoms with Crippen LogP contribution >= 0.6 is 11.6 Å². The summed E-state index contributed by atoms with van der Waals surface area (Å²) in [5.41, 5.74) is -2.18. The number of aromatic nitrogens is 2. The van der Waals surface area contributed by atoms with Gasteiger partial charge in [-0.1, -0.05) is 30.7 Å². The van der Waals surface area contributed by atoms with Crippen LogP contribution in [0, 0.1) is 17.6 Å². The molecular weight excluding hydrogens is 533 g/mol. The average Bonchev–Trinajstić information content (AvgIpc) is 2.83. The van der Waals surface area contributed by atoms with E-state index in [2.05, 4.69) is 15.3 Å². The smallest absolute Gasteiger partial charge is 0.373 e. The van der Waals surface area contributed by atoms with Gasteiger partial charge in [-0.15, -0.1) is 0 Å². The monoisotopic (exact) mass is 555 g/mol. The molecule has 0 radical (unpaired) electrons. The molecule has 0 unspecified atom stereocenters. The lowest BCUT2D eigenvalue weighted by atomic mass is 9.81. The number of halogens is 6. The molecule has 1 aliphatic carbocycles. The third-order valence-corrected chi connectivity index (χ3v) is 6.60. The van der Waals surface area contributed by atoms with Gasteiger partial charge in [0.2, 0.25) is 5.91 Å². The molecule has 1 saturated carbocycles. The van der Waals surface area contributed by atoms with Crippen LogP contribution in [-0.2, 0) is 35.3 Å². The van der Waals surface area contributed by atoms with Crippen molar-refractivity contribution in [2.45, 2.75) is 51.6 Å². The minimum Gasteiger partial charge on any atom is -0.373 e. The van der Waals surface area contributed by atoms with Crippen molar-refractivity contribution in [2.24, 2.45) is 5.92 Å². The Bertz CT molecular complexity index is 1400. The first-order valence-corrected chi connectivity index (χ1v) is 12.2. The topological polar surface area (TPSA) is 84.1 Å². The Morgan fingerprint density at radius 3 is 2.58 bits per heavy atom. The lowest BCUT2D eigenvalue weighted by Gasteiger charge is -2.34. The fraction of sp³-hybridized carbons (Fsp3) is 0.346. The number of aromatic amines is 1. The number of carbonyl (C=O) groups is 1. The van der Waals surface area contributed by atoms with Crippen molar-refractivity contribution in [3.05, 3.63) is 85.8 Å². The summed E-state index contributed by atoms with van der Waals surface area (Å²) in [5, 5.41) is 2.54. The van der Waals surface area contributed by atoms with E-state index in [0.717, 1.165) is 12.1 Å². The molecule has 1 amide bonds. The van der Waals surface area contributed by atoms with Gasteiger partial charge < -0.3 is 15.0 Å². The molecule has 0 aliphatic heterocycles. The Morgan fingerprint density at radius 2 is 1.92 bits per heavy atom. The number of H-pyrrole nitrogens is 1. The highest BCUT2D eigenvalue weighted by Crippen LogP contribution is 2.38. The lowest BCUT2D eigenvalue weighted by Crippen LogP contribution is -2.42. The molecule has 1 aromatic heterocycles. The van der Waals surface area contributed by atoms with E-state index in [4.69, 9.17) is 16.3 Å². The van der Waals surface area contributed by atoms with Crippen molar-refractivity contribution in [1.82, 2.24) is 15.3 Å². The van der Waals surface area contributed by atoms with E-state index in [9.17, 15) is 27.2 Å². The highest BCUT2D eigenvalue weighted by Gasteiger charge is 2.38. The standard InChI is InChI=1S/C26H23ClF5N3O3/c1-2-16-10-21(36)35-24(34-16)22-18(26(30,31)32)5-4-14(23(22)29)11-33-25(37)15-8-17(9-15)38-12-13-3-6-20(28)19(27)7-13/h3-7,10,15,17H,2,8-9,11-12H2,1H3,(H,33,37)(H,34,35,36). The highest BCUT2D eigenvalue weighted by molar-refractivity contribution is 6.30. The van der Waals surface area contributed by atoms with Crippen LogP contribution in [0.3, 0.4) is 0 Å². The largest absolute Gasteiger partial charge is 0.417 e. The van der Waals surface area contributed by atoms with Crippen LogP contribution in [0.15, 0.2) is 41.2 Å². The number of alkyl halides is 3. The zero-order valence-corrected chi connectivity index (χ0v) is 20.9. The second-order valence-electron chi connectivity index (χ2n) is 8.97. The Balaban J connectivity index is 1.41. The molecular formula is C26H23ClF5N3O3. The van der Waals surface area contributed by atoms with Gasteiger partial charge in [-0.05, 0) is 43.0 Å². The summed E-state index contributed by atoms with van der Waals surface area (Å²) in [6.45, 7) is 1.49. The fourth-order valence-electron chi connectivity index (χ4n) is 4.12. The number of hydrogen-bond acceptors (Lipinski definition) is 4. The van der Waals surface area contributed by atoms with Crippen molar-refractivity contribution in [1.29, 1.82) is 0 Å². The first kappa shape index (κ1) is 27.7. The van der Waals surface area contributed by atoms with E-state index in [0.29, 0.717) is 24.5 Å². The van der Waals surface area contributed by atoms with Crippen molar-refractivity contribution in [3.63, 3.8) is 0 Å². The van der Waals surface area contributed by atoms with Gasteiger partial charge in [0, 0.05) is 29.8 Å². The zero-order chi connectivity index (χ0) is 27.6. The van der Waals surface area contributed by atoms with Gasteiger partial charge in [-0.3, -0.25) is 9.59 Å². The van der Waals surface area contributed by atoms with Gasteiger partial charge in [0.25, 0.3) is 5.56 Å². The fourth-order valence-corrected chi connectivity index (χ4v) is 4.32. The summed E-state index contributed by atoms with van der Waals surface area (Å²) >= 11 is 5.75. The van der Waals surface area contributed by atoms with Crippen molar-refractivity contribution < 1.29 is 31.5 Å². The molecule has 38 heavy (non-hydrogen) atoms. The van der Waals surface area contributed by atoms with E-state index in [1.165, 1.54) is 12.1 Å². The summed E-state index contributed by atoms with van der Waals surface area (Å²) in [6.07, 6.45) is -4.05. The quantitative estimate of drug-likeness (QED) is 0.356. The summed E-state index contributed by atoms with van der Waals surface area (Å²) in [6, 6.07) is 7.01. The second kappa shape index (κ2) is 11.2. The van der Waals surface area contributed by atoms with E-state index >= 15 is 4.39 Å². The van der Waals surface area contributed by atoms with Crippen LogP contribution in [0.4, 0.5) is 22.0 Å². The molecule has 0 bridgehead atoms. The number of aryl methyl sites for hydroxylation is 1. The van der Waals surface area contributed by atoms with Crippen molar-refractivity contribution in [2.75, 3.05) is 0 Å². The van der Waals surface area contributed by atoms with Gasteiger partial charge in [-0.2, -0.15) is 13.2 Å². The zero-order valence-electron chi connectivity index (χ0n) is 20.1. The van der Waals surface area contributed by atoms with Crippen molar-refractivity contribution >= 4 is 17.5 Å². The number of amides is 1. The third kappa shape index (κ3) is 6.21. The van der Waals surface area contributed by atoms with E-state index in [1.807, 2.05) is 0 Å². The molecule has 2 N–H and O–H groups in total. The van der Waals surface area contributed by atoms with Crippen LogP contribution in [0.1, 0.15) is 42.1 Å². The molecule has 2 aromatic carbocycles. The molecule has 1 fully saturated rings. The van der Waals surface area contributed by atoms with E-state index < -0.39 is 52.1 Å². The maximum absolute atomic E-state index is 15.4. The maximum Gasteiger partial charge on any atom is 0.417 e. The van der Waals surface area contributed by atoms with Crippen LogP contribution in [-0.4, -0.2) is 22.0 Å². The lowest BCUT2D eigenvalue weighted by molar-refractivity contribution is -0.137. The SMILES string of the molecule is CCc1cc(=O)[nH]c(-c2c(C(F)(F)F)ccc(CNC(=O)C3CC(OCc4ccc(F)c(Cl)c4)C3)c2F)n1. The van der Waals surface area contributed by atoms with Gasteiger partial charge in [-0.25, -0.2) is 13.8 Å². The Hall–Kier alpha value is -3.31. The predicted molar refractivity (Wildman–Crippen MR) is 129 cm³/mol. The number of benzene rings is 2. The number of nitrogens with zero attached hydrogens (tertiary/aromatic N) is 1. The minimum absolute atomic E-state index is 0.0178. The normalized spacial score (nSPS) is 17.2. The van der Waals surface area contributed by atoms with Crippen molar-refractivity contribution in [3.8, 4) is 11.4 Å². The molecule has 12 heteroatoms. The van der Waals surface area contributed by atoms with Crippen LogP contribution in [0.25, 0.3) is 11.4 Å². The summed E-state index contributed by atoms with van der Waals surface area (Å²) in [4.78, 5) is 30.6. The van der Waals surface area contributed by atoms with E-state index in [-0.39, 0.29) is 42.0 Å². The molecule has 0 spiro atoms. The number of ether oxygens (including phenoxy) is 1. The molecule has 4 rings (SSSR count). The third-order valence-electron chi connectivity index (χ3n) is 6.31. The molecule has 0 atom stereocenters. The van der Waals surface area contributed by atoms with Crippen LogP contribution < -0.4 is 10.9 Å². The van der Waals surface area contributed by atoms with E-state index in [1.54, 1.807) is 13.0 Å². The van der Waals surface area contributed by atoms with Gasteiger partial charge in [0.15, 0.2) is 0 Å². The molecule has 1 heterocycles. The number of rotatable bonds is 8. The molecule has 0 saturated heterocycles. The predicted octanol–water partition coefficient (Wildman–Crippen LogP) is 5.56. The molecule has 1 aliphatic rings. The highest BCUT2D eigenvalue weighted by atomic mass is 35.5. The van der Waals surface area contributed by atoms with Gasteiger partial charge >= 0.3 is 6.18 Å². The first-order valence-electron chi connectivity index (χ1n) is 11.8. The molecule has 6 nitrogen and oxygen atoms in total. The number of carbonyl (C=O) groups excluding carboxylic acids is 1. The Labute approximate surface area is 219 Å². The van der Waals surface area contributed by atoms with Gasteiger partial charge in [0.05, 0.1) is 28.9 Å².